The number of ether oxygens (including phenoxy) is 1. The molecule has 0 saturated carbocycles. The van der Waals surface area contributed by atoms with Crippen LogP contribution >= 0.6 is 0 Å². The van der Waals surface area contributed by atoms with E-state index in [0.29, 0.717) is 6.54 Å². The average Bonchev–Trinajstić information content (AvgIpc) is 2.35. The lowest BCUT2D eigenvalue weighted by Crippen LogP contribution is -2.24. The summed E-state index contributed by atoms with van der Waals surface area (Å²) in [6, 6.07) is 10.3. The zero-order valence-corrected chi connectivity index (χ0v) is 10.0. The summed E-state index contributed by atoms with van der Waals surface area (Å²) in [5, 5.41) is 12.0. The minimum atomic E-state index is 0.0251. The fourth-order valence-electron chi connectivity index (χ4n) is 1.53. The van der Waals surface area contributed by atoms with Crippen molar-refractivity contribution in [2.75, 3.05) is 13.7 Å². The van der Waals surface area contributed by atoms with Gasteiger partial charge in [-0.05, 0) is 19.9 Å². The minimum absolute atomic E-state index is 0.0251. The van der Waals surface area contributed by atoms with Crippen LogP contribution < -0.4 is 10.1 Å². The Kier molecular flexibility index (Phi) is 4.81. The largest absolute Gasteiger partial charge is 0.496 e. The Hall–Kier alpha value is -1.53. The van der Waals surface area contributed by atoms with Crippen molar-refractivity contribution >= 4 is 0 Å². The highest BCUT2D eigenvalue weighted by atomic mass is 16.5. The van der Waals surface area contributed by atoms with Crippen LogP contribution in [0.1, 0.15) is 25.5 Å². The third kappa shape index (κ3) is 3.25. The predicted octanol–water partition coefficient (Wildman–Crippen LogP) is 2.51. The second-order valence-corrected chi connectivity index (χ2v) is 3.90. The number of nitriles is 1. The molecule has 0 saturated heterocycles. The molecule has 0 aliphatic heterocycles. The molecule has 0 aliphatic carbocycles. The van der Waals surface area contributed by atoms with Crippen LogP contribution in [0, 0.1) is 17.2 Å². The zero-order chi connectivity index (χ0) is 12.0. The summed E-state index contributed by atoms with van der Waals surface area (Å²) >= 11 is 0. The second kappa shape index (κ2) is 6.14. The molecular formula is C13H18N2O. The van der Waals surface area contributed by atoms with Crippen LogP contribution in [0.4, 0.5) is 0 Å². The van der Waals surface area contributed by atoms with Crippen LogP contribution in [0.5, 0.6) is 5.75 Å². The summed E-state index contributed by atoms with van der Waals surface area (Å²) in [5.74, 6) is 0.907. The number of nitrogens with zero attached hydrogens (tertiary/aromatic N) is 1. The number of para-hydroxylation sites is 1. The van der Waals surface area contributed by atoms with E-state index < -0.39 is 0 Å². The Bertz CT molecular complexity index is 370. The monoisotopic (exact) mass is 218 g/mol. The molecule has 1 aromatic rings. The van der Waals surface area contributed by atoms with Crippen molar-refractivity contribution in [1.29, 1.82) is 5.26 Å². The highest BCUT2D eigenvalue weighted by Crippen LogP contribution is 2.24. The van der Waals surface area contributed by atoms with Crippen molar-refractivity contribution in [3.63, 3.8) is 0 Å². The van der Waals surface area contributed by atoms with Gasteiger partial charge in [-0.2, -0.15) is 5.26 Å². The minimum Gasteiger partial charge on any atom is -0.496 e. The maximum atomic E-state index is 8.70. The van der Waals surface area contributed by atoms with Crippen molar-refractivity contribution in [3.05, 3.63) is 29.8 Å². The lowest BCUT2D eigenvalue weighted by molar-refractivity contribution is 0.400. The Morgan fingerprint density at radius 2 is 2.06 bits per heavy atom. The van der Waals surface area contributed by atoms with Crippen LogP contribution in [0.25, 0.3) is 0 Å². The van der Waals surface area contributed by atoms with Gasteiger partial charge in [0.05, 0.1) is 19.1 Å². The van der Waals surface area contributed by atoms with Gasteiger partial charge in [0.2, 0.25) is 0 Å². The Morgan fingerprint density at radius 3 is 2.69 bits per heavy atom. The first-order chi connectivity index (χ1) is 7.69. The molecule has 1 rings (SSSR count). The molecule has 0 aromatic heterocycles. The molecule has 0 bridgehead atoms. The Morgan fingerprint density at radius 1 is 1.38 bits per heavy atom. The number of benzene rings is 1. The van der Waals surface area contributed by atoms with Crippen molar-refractivity contribution in [1.82, 2.24) is 5.32 Å². The van der Waals surface area contributed by atoms with Gasteiger partial charge >= 0.3 is 0 Å². The average molecular weight is 218 g/mol. The molecule has 0 heterocycles. The molecule has 16 heavy (non-hydrogen) atoms. The van der Waals surface area contributed by atoms with Gasteiger partial charge < -0.3 is 10.1 Å². The normalized spacial score (nSPS) is 13.9. The number of rotatable bonds is 5. The quantitative estimate of drug-likeness (QED) is 0.826. The Labute approximate surface area is 97.0 Å². The van der Waals surface area contributed by atoms with Crippen molar-refractivity contribution in [2.24, 2.45) is 5.92 Å². The van der Waals surface area contributed by atoms with Crippen LogP contribution in [-0.4, -0.2) is 13.7 Å². The smallest absolute Gasteiger partial charge is 0.123 e. The van der Waals surface area contributed by atoms with Crippen LogP contribution in [0.15, 0.2) is 24.3 Å². The van der Waals surface area contributed by atoms with E-state index in [1.54, 1.807) is 7.11 Å². The van der Waals surface area contributed by atoms with E-state index in [2.05, 4.69) is 18.3 Å². The third-order valence-electron chi connectivity index (χ3n) is 2.56. The van der Waals surface area contributed by atoms with Gasteiger partial charge in [-0.1, -0.05) is 18.2 Å². The van der Waals surface area contributed by atoms with Crippen molar-refractivity contribution < 1.29 is 4.74 Å². The van der Waals surface area contributed by atoms with E-state index in [9.17, 15) is 0 Å². The predicted molar refractivity (Wildman–Crippen MR) is 64.2 cm³/mol. The highest BCUT2D eigenvalue weighted by molar-refractivity contribution is 5.35. The molecule has 0 radical (unpaired) electrons. The van der Waals surface area contributed by atoms with Gasteiger partial charge in [-0.25, -0.2) is 0 Å². The van der Waals surface area contributed by atoms with Crippen molar-refractivity contribution in [3.8, 4) is 11.8 Å². The van der Waals surface area contributed by atoms with E-state index >= 15 is 0 Å². The first-order valence-electron chi connectivity index (χ1n) is 5.45. The summed E-state index contributed by atoms with van der Waals surface area (Å²) in [7, 11) is 1.67. The topological polar surface area (TPSA) is 45.0 Å². The van der Waals surface area contributed by atoms with E-state index in [4.69, 9.17) is 10.00 Å². The first-order valence-corrected chi connectivity index (χ1v) is 5.45. The molecule has 3 nitrogen and oxygen atoms in total. The summed E-state index contributed by atoms with van der Waals surface area (Å²) in [4.78, 5) is 0. The van der Waals surface area contributed by atoms with E-state index in [0.717, 1.165) is 11.3 Å². The van der Waals surface area contributed by atoms with Gasteiger partial charge in [0.15, 0.2) is 0 Å². The van der Waals surface area contributed by atoms with Gasteiger partial charge in [-0.3, -0.25) is 0 Å². The summed E-state index contributed by atoms with van der Waals surface area (Å²) < 4.78 is 5.29. The van der Waals surface area contributed by atoms with Crippen LogP contribution in [0.3, 0.4) is 0 Å². The number of methoxy groups -OCH3 is 1. The molecule has 3 heteroatoms. The van der Waals surface area contributed by atoms with Gasteiger partial charge in [-0.15, -0.1) is 0 Å². The Balaban J connectivity index is 2.66. The highest BCUT2D eigenvalue weighted by Gasteiger charge is 2.10. The van der Waals surface area contributed by atoms with E-state index in [1.807, 2.05) is 31.2 Å². The SMILES string of the molecule is COc1ccccc1[C@@H](C)NCC(C)C#N. The lowest BCUT2D eigenvalue weighted by Gasteiger charge is -2.17. The van der Waals surface area contributed by atoms with Crippen LogP contribution in [-0.2, 0) is 0 Å². The summed E-state index contributed by atoms with van der Waals surface area (Å²) in [6.07, 6.45) is 0. The number of nitrogens with one attached hydrogen (secondary N) is 1. The fraction of sp³-hybridized carbons (Fsp3) is 0.462. The van der Waals surface area contributed by atoms with Gasteiger partial charge in [0.25, 0.3) is 0 Å². The molecule has 0 amide bonds. The molecule has 2 atom stereocenters. The zero-order valence-electron chi connectivity index (χ0n) is 10.0. The molecule has 0 aliphatic rings. The van der Waals surface area contributed by atoms with E-state index in [-0.39, 0.29) is 12.0 Å². The first kappa shape index (κ1) is 12.5. The number of hydrogen-bond donors (Lipinski definition) is 1. The molecule has 1 aromatic carbocycles. The number of hydrogen-bond acceptors (Lipinski definition) is 3. The van der Waals surface area contributed by atoms with Gasteiger partial charge in [0, 0.05) is 18.2 Å². The summed E-state index contributed by atoms with van der Waals surface area (Å²) in [6.45, 7) is 4.67. The molecule has 86 valence electrons. The molecular weight excluding hydrogens is 200 g/mol. The lowest BCUT2D eigenvalue weighted by atomic mass is 10.1. The standard InChI is InChI=1S/C13H18N2O/c1-10(8-14)9-15-11(2)12-6-4-5-7-13(12)16-3/h4-7,10-11,15H,9H2,1-3H3/t10?,11-/m1/s1. The van der Waals surface area contributed by atoms with Crippen LogP contribution in [0.2, 0.25) is 0 Å². The van der Waals surface area contributed by atoms with Gasteiger partial charge in [0.1, 0.15) is 5.75 Å². The van der Waals surface area contributed by atoms with Crippen molar-refractivity contribution in [2.45, 2.75) is 19.9 Å². The summed E-state index contributed by atoms with van der Waals surface area (Å²) in [5.41, 5.74) is 1.12. The molecule has 1 N–H and O–H groups in total. The third-order valence-corrected chi connectivity index (χ3v) is 2.56. The molecule has 0 fully saturated rings. The second-order valence-electron chi connectivity index (χ2n) is 3.90. The van der Waals surface area contributed by atoms with E-state index in [1.165, 1.54) is 0 Å². The maximum Gasteiger partial charge on any atom is 0.123 e. The maximum absolute atomic E-state index is 8.70. The molecule has 1 unspecified atom stereocenters. The molecule has 0 spiro atoms. The fourth-order valence-corrected chi connectivity index (χ4v) is 1.53.